The predicted molar refractivity (Wildman–Crippen MR) is 71.4 cm³/mol. The van der Waals surface area contributed by atoms with Crippen LogP contribution < -0.4 is 5.32 Å². The SMILES string of the molecule is Cc1cc(F)ccc1CNC1CCCC(C(=O)O)C1. The Labute approximate surface area is 112 Å². The number of hydrogen-bond acceptors (Lipinski definition) is 2. The number of aliphatic carboxylic acids is 1. The summed E-state index contributed by atoms with van der Waals surface area (Å²) >= 11 is 0. The molecule has 19 heavy (non-hydrogen) atoms. The monoisotopic (exact) mass is 265 g/mol. The zero-order valence-corrected chi connectivity index (χ0v) is 11.2. The summed E-state index contributed by atoms with van der Waals surface area (Å²) in [5.74, 6) is -1.13. The Morgan fingerprint density at radius 1 is 1.47 bits per heavy atom. The number of nitrogens with one attached hydrogen (secondary N) is 1. The number of carboxylic acids is 1. The highest BCUT2D eigenvalue weighted by Gasteiger charge is 2.26. The van der Waals surface area contributed by atoms with E-state index in [1.807, 2.05) is 6.92 Å². The molecule has 104 valence electrons. The van der Waals surface area contributed by atoms with Crippen LogP contribution in [0, 0.1) is 18.7 Å². The van der Waals surface area contributed by atoms with Crippen LogP contribution in [0.2, 0.25) is 0 Å². The second-order valence-corrected chi connectivity index (χ2v) is 5.35. The number of hydrogen-bond donors (Lipinski definition) is 2. The molecule has 2 N–H and O–H groups in total. The maximum atomic E-state index is 13.0. The molecule has 1 aromatic rings. The van der Waals surface area contributed by atoms with Crippen molar-refractivity contribution < 1.29 is 14.3 Å². The second kappa shape index (κ2) is 6.15. The average Bonchev–Trinajstić information content (AvgIpc) is 2.38. The first-order chi connectivity index (χ1) is 9.06. The van der Waals surface area contributed by atoms with Crippen molar-refractivity contribution in [2.24, 2.45) is 5.92 Å². The lowest BCUT2D eigenvalue weighted by Gasteiger charge is -2.27. The highest BCUT2D eigenvalue weighted by atomic mass is 19.1. The molecule has 3 nitrogen and oxygen atoms in total. The van der Waals surface area contributed by atoms with Gasteiger partial charge in [-0.3, -0.25) is 4.79 Å². The summed E-state index contributed by atoms with van der Waals surface area (Å²) < 4.78 is 13.0. The molecule has 2 unspecified atom stereocenters. The van der Waals surface area contributed by atoms with Crippen LogP contribution in [0.1, 0.15) is 36.8 Å². The smallest absolute Gasteiger partial charge is 0.306 e. The maximum absolute atomic E-state index is 13.0. The van der Waals surface area contributed by atoms with E-state index in [-0.39, 0.29) is 17.8 Å². The number of carboxylic acid groups (broad SMARTS) is 1. The van der Waals surface area contributed by atoms with Gasteiger partial charge in [-0.15, -0.1) is 0 Å². The van der Waals surface area contributed by atoms with E-state index in [0.717, 1.165) is 30.4 Å². The minimum atomic E-state index is -0.690. The Balaban J connectivity index is 1.89. The molecule has 0 saturated heterocycles. The zero-order valence-electron chi connectivity index (χ0n) is 11.2. The van der Waals surface area contributed by atoms with Crippen LogP contribution in [0.15, 0.2) is 18.2 Å². The van der Waals surface area contributed by atoms with Crippen molar-refractivity contribution in [3.05, 3.63) is 35.1 Å². The summed E-state index contributed by atoms with van der Waals surface area (Å²) in [5.41, 5.74) is 2.00. The Kier molecular flexibility index (Phi) is 4.53. The first-order valence-corrected chi connectivity index (χ1v) is 6.77. The third kappa shape index (κ3) is 3.77. The molecule has 2 atom stereocenters. The molecule has 0 spiro atoms. The van der Waals surface area contributed by atoms with E-state index in [0.29, 0.717) is 13.0 Å². The molecule has 1 aromatic carbocycles. The number of carbonyl (C=O) groups is 1. The normalized spacial score (nSPS) is 23.3. The Bertz CT molecular complexity index is 461. The van der Waals surface area contributed by atoms with Gasteiger partial charge in [0, 0.05) is 12.6 Å². The maximum Gasteiger partial charge on any atom is 0.306 e. The lowest BCUT2D eigenvalue weighted by Crippen LogP contribution is -2.36. The van der Waals surface area contributed by atoms with Gasteiger partial charge in [0.15, 0.2) is 0 Å². The predicted octanol–water partition coefficient (Wildman–Crippen LogP) is 2.87. The molecule has 0 heterocycles. The standard InChI is InChI=1S/C15H20FNO2/c1-10-7-13(16)6-5-12(10)9-17-14-4-2-3-11(8-14)15(18)19/h5-7,11,14,17H,2-4,8-9H2,1H3,(H,18,19). The summed E-state index contributed by atoms with van der Waals surface area (Å²) in [6.07, 6.45) is 3.44. The Hall–Kier alpha value is -1.42. The second-order valence-electron chi connectivity index (χ2n) is 5.35. The van der Waals surface area contributed by atoms with E-state index in [4.69, 9.17) is 5.11 Å². The van der Waals surface area contributed by atoms with Crippen molar-refractivity contribution in [1.29, 1.82) is 0 Å². The van der Waals surface area contributed by atoms with Gasteiger partial charge in [0.2, 0.25) is 0 Å². The summed E-state index contributed by atoms with van der Waals surface area (Å²) in [6.45, 7) is 2.56. The molecule has 0 bridgehead atoms. The Morgan fingerprint density at radius 3 is 2.95 bits per heavy atom. The summed E-state index contributed by atoms with van der Waals surface area (Å²) in [5, 5.41) is 12.4. The van der Waals surface area contributed by atoms with Crippen molar-refractivity contribution in [3.63, 3.8) is 0 Å². The molecular formula is C15H20FNO2. The van der Waals surface area contributed by atoms with Gasteiger partial charge >= 0.3 is 5.97 Å². The van der Waals surface area contributed by atoms with Crippen LogP contribution >= 0.6 is 0 Å². The number of halogens is 1. The van der Waals surface area contributed by atoms with Gasteiger partial charge in [0.05, 0.1) is 5.92 Å². The van der Waals surface area contributed by atoms with E-state index in [2.05, 4.69) is 5.32 Å². The molecule has 0 aliphatic heterocycles. The fourth-order valence-electron chi connectivity index (χ4n) is 2.71. The highest BCUT2D eigenvalue weighted by Crippen LogP contribution is 2.24. The van der Waals surface area contributed by atoms with Gasteiger partial charge in [0.25, 0.3) is 0 Å². The molecule has 0 aromatic heterocycles. The first-order valence-electron chi connectivity index (χ1n) is 6.77. The number of rotatable bonds is 4. The third-order valence-electron chi connectivity index (χ3n) is 3.91. The largest absolute Gasteiger partial charge is 0.481 e. The van der Waals surface area contributed by atoms with Crippen molar-refractivity contribution in [1.82, 2.24) is 5.32 Å². The quantitative estimate of drug-likeness (QED) is 0.880. The lowest BCUT2D eigenvalue weighted by atomic mass is 9.85. The Morgan fingerprint density at radius 2 is 2.26 bits per heavy atom. The molecule has 0 amide bonds. The van der Waals surface area contributed by atoms with Crippen molar-refractivity contribution in [3.8, 4) is 0 Å². The molecule has 0 radical (unpaired) electrons. The van der Waals surface area contributed by atoms with E-state index < -0.39 is 5.97 Å². The van der Waals surface area contributed by atoms with Crippen LogP contribution in [0.3, 0.4) is 0 Å². The van der Waals surface area contributed by atoms with Crippen molar-refractivity contribution in [2.45, 2.75) is 45.2 Å². The summed E-state index contributed by atoms with van der Waals surface area (Å²) in [4.78, 5) is 11.0. The molecule has 2 rings (SSSR count). The number of benzene rings is 1. The van der Waals surface area contributed by atoms with Gasteiger partial charge in [-0.1, -0.05) is 12.5 Å². The minimum absolute atomic E-state index is 0.218. The molecule has 1 saturated carbocycles. The fraction of sp³-hybridized carbons (Fsp3) is 0.533. The van der Waals surface area contributed by atoms with Crippen LogP contribution in [0.25, 0.3) is 0 Å². The van der Waals surface area contributed by atoms with Gasteiger partial charge < -0.3 is 10.4 Å². The molecule has 1 aliphatic carbocycles. The molecule has 4 heteroatoms. The van der Waals surface area contributed by atoms with Crippen LogP contribution in [-0.2, 0) is 11.3 Å². The van der Waals surface area contributed by atoms with Gasteiger partial charge in [0.1, 0.15) is 5.82 Å². The van der Waals surface area contributed by atoms with Gasteiger partial charge in [-0.05, 0) is 49.4 Å². The fourth-order valence-corrected chi connectivity index (χ4v) is 2.71. The first kappa shape index (κ1) is 14.0. The number of aryl methyl sites for hydroxylation is 1. The summed E-state index contributed by atoms with van der Waals surface area (Å²) in [6, 6.07) is 5.03. The lowest BCUT2D eigenvalue weighted by molar-refractivity contribution is -0.143. The highest BCUT2D eigenvalue weighted by molar-refractivity contribution is 5.70. The van der Waals surface area contributed by atoms with Crippen LogP contribution in [-0.4, -0.2) is 17.1 Å². The van der Waals surface area contributed by atoms with E-state index in [1.54, 1.807) is 6.07 Å². The van der Waals surface area contributed by atoms with Crippen molar-refractivity contribution in [2.75, 3.05) is 0 Å². The molecular weight excluding hydrogens is 245 g/mol. The third-order valence-corrected chi connectivity index (χ3v) is 3.91. The van der Waals surface area contributed by atoms with Crippen molar-refractivity contribution >= 4 is 5.97 Å². The van der Waals surface area contributed by atoms with Crippen LogP contribution in [0.5, 0.6) is 0 Å². The topological polar surface area (TPSA) is 49.3 Å². The molecule has 1 fully saturated rings. The van der Waals surface area contributed by atoms with Gasteiger partial charge in [-0.25, -0.2) is 4.39 Å². The van der Waals surface area contributed by atoms with Gasteiger partial charge in [-0.2, -0.15) is 0 Å². The molecule has 1 aliphatic rings. The average molecular weight is 265 g/mol. The minimum Gasteiger partial charge on any atom is -0.481 e. The zero-order chi connectivity index (χ0) is 13.8. The van der Waals surface area contributed by atoms with E-state index >= 15 is 0 Å². The van der Waals surface area contributed by atoms with E-state index in [1.165, 1.54) is 12.1 Å². The summed E-state index contributed by atoms with van der Waals surface area (Å²) in [7, 11) is 0. The van der Waals surface area contributed by atoms with Crippen LogP contribution in [0.4, 0.5) is 4.39 Å². The van der Waals surface area contributed by atoms with E-state index in [9.17, 15) is 9.18 Å².